The van der Waals surface area contributed by atoms with Crippen molar-refractivity contribution in [1.29, 1.82) is 0 Å². The summed E-state index contributed by atoms with van der Waals surface area (Å²) in [6.07, 6.45) is 2.31. The molecule has 0 saturated carbocycles. The average molecular weight is 423 g/mol. The lowest BCUT2D eigenvalue weighted by atomic mass is 10.2. The molecule has 140 valence electrons. The largest absolute Gasteiger partial charge is 0.490 e. The Bertz CT molecular complexity index is 997. The number of nitrogen functional groups attached to an aromatic ring is 1. The summed E-state index contributed by atoms with van der Waals surface area (Å²) in [5.41, 5.74) is 10.0. The minimum absolute atomic E-state index is 0.347. The molecule has 3 rings (SSSR count). The Morgan fingerprint density at radius 1 is 1.33 bits per heavy atom. The van der Waals surface area contributed by atoms with Crippen molar-refractivity contribution >= 4 is 62.0 Å². The van der Waals surface area contributed by atoms with Gasteiger partial charge in [-0.1, -0.05) is 41.5 Å². The second-order valence-electron chi connectivity index (χ2n) is 5.60. The van der Waals surface area contributed by atoms with Crippen molar-refractivity contribution in [3.63, 3.8) is 0 Å². The summed E-state index contributed by atoms with van der Waals surface area (Å²) in [6.45, 7) is 2.52. The number of ether oxygens (including phenoxy) is 1. The van der Waals surface area contributed by atoms with Gasteiger partial charge in [0, 0.05) is 5.56 Å². The smallest absolute Gasteiger partial charge is 0.271 e. The van der Waals surface area contributed by atoms with Crippen LogP contribution in [0.2, 0.25) is 10.0 Å². The Morgan fingerprint density at radius 3 is 2.78 bits per heavy atom. The van der Waals surface area contributed by atoms with E-state index in [2.05, 4.69) is 15.5 Å². The lowest BCUT2D eigenvalue weighted by Gasteiger charge is -2.09. The van der Waals surface area contributed by atoms with Crippen LogP contribution in [0.15, 0.2) is 35.4 Å². The third-order valence-electron chi connectivity index (χ3n) is 3.52. The van der Waals surface area contributed by atoms with Crippen LogP contribution in [0.25, 0.3) is 10.2 Å². The Morgan fingerprint density at radius 2 is 2.07 bits per heavy atom. The van der Waals surface area contributed by atoms with Crippen molar-refractivity contribution in [3.05, 3.63) is 51.5 Å². The van der Waals surface area contributed by atoms with Crippen molar-refractivity contribution < 1.29 is 9.53 Å². The number of carbonyl (C=O) groups excluding carboxylic acids is 1. The van der Waals surface area contributed by atoms with E-state index in [0.717, 1.165) is 16.6 Å². The van der Waals surface area contributed by atoms with Gasteiger partial charge in [0.15, 0.2) is 10.9 Å². The van der Waals surface area contributed by atoms with Gasteiger partial charge in [0.1, 0.15) is 0 Å². The maximum absolute atomic E-state index is 12.2. The number of nitrogens with zero attached hydrogens (tertiary/aromatic N) is 2. The second kappa shape index (κ2) is 8.56. The summed E-state index contributed by atoms with van der Waals surface area (Å²) in [7, 11) is 0. The number of hydrogen-bond donors (Lipinski definition) is 2. The molecule has 0 atom stereocenters. The van der Waals surface area contributed by atoms with E-state index in [0.29, 0.717) is 38.7 Å². The topological polar surface area (TPSA) is 89.6 Å². The third-order valence-corrected chi connectivity index (χ3v) is 4.93. The molecule has 27 heavy (non-hydrogen) atoms. The Kier molecular flexibility index (Phi) is 6.15. The predicted octanol–water partition coefficient (Wildman–Crippen LogP) is 4.74. The van der Waals surface area contributed by atoms with E-state index in [1.807, 2.05) is 6.92 Å². The molecular weight excluding hydrogens is 407 g/mol. The summed E-state index contributed by atoms with van der Waals surface area (Å²) < 4.78 is 6.36. The van der Waals surface area contributed by atoms with Gasteiger partial charge in [-0.15, -0.1) is 0 Å². The zero-order valence-electron chi connectivity index (χ0n) is 14.3. The van der Waals surface area contributed by atoms with Crippen LogP contribution in [0, 0.1) is 0 Å². The molecule has 0 aliphatic heterocycles. The number of thiazole rings is 1. The molecule has 0 aliphatic rings. The predicted molar refractivity (Wildman–Crippen MR) is 111 cm³/mol. The highest BCUT2D eigenvalue weighted by atomic mass is 35.5. The second-order valence-corrected chi connectivity index (χ2v) is 7.47. The number of fused-ring (bicyclic) bond motifs is 1. The van der Waals surface area contributed by atoms with Gasteiger partial charge in [-0.05, 0) is 42.3 Å². The van der Waals surface area contributed by atoms with Gasteiger partial charge < -0.3 is 10.5 Å². The van der Waals surface area contributed by atoms with Crippen LogP contribution in [0.3, 0.4) is 0 Å². The first-order valence-electron chi connectivity index (χ1n) is 8.09. The van der Waals surface area contributed by atoms with E-state index in [1.165, 1.54) is 17.6 Å². The number of halogens is 2. The maximum atomic E-state index is 12.2. The summed E-state index contributed by atoms with van der Waals surface area (Å²) in [5, 5.41) is 5.19. The van der Waals surface area contributed by atoms with Crippen molar-refractivity contribution in [1.82, 2.24) is 10.4 Å². The fourth-order valence-corrected chi connectivity index (χ4v) is 3.70. The van der Waals surface area contributed by atoms with Crippen LogP contribution in [0.1, 0.15) is 29.3 Å². The van der Waals surface area contributed by atoms with E-state index < -0.39 is 0 Å². The average Bonchev–Trinajstić information content (AvgIpc) is 3.00. The minimum Gasteiger partial charge on any atom is -0.490 e. The van der Waals surface area contributed by atoms with Crippen molar-refractivity contribution in [2.45, 2.75) is 13.3 Å². The maximum Gasteiger partial charge on any atom is 0.271 e. The van der Waals surface area contributed by atoms with Gasteiger partial charge in [-0.3, -0.25) is 4.79 Å². The third kappa shape index (κ3) is 4.68. The van der Waals surface area contributed by atoms with E-state index >= 15 is 0 Å². The molecule has 0 fully saturated rings. The lowest BCUT2D eigenvalue weighted by Crippen LogP contribution is -2.17. The van der Waals surface area contributed by atoms with Crippen LogP contribution in [-0.2, 0) is 0 Å². The highest BCUT2D eigenvalue weighted by molar-refractivity contribution is 7.22. The van der Waals surface area contributed by atoms with Crippen molar-refractivity contribution in [2.75, 3.05) is 12.3 Å². The van der Waals surface area contributed by atoms with Crippen LogP contribution in [-0.4, -0.2) is 23.7 Å². The molecule has 1 amide bonds. The number of hydrazone groups is 1. The fourth-order valence-electron chi connectivity index (χ4n) is 2.31. The number of amides is 1. The number of benzene rings is 2. The van der Waals surface area contributed by atoms with Crippen molar-refractivity contribution in [2.24, 2.45) is 5.10 Å². The monoisotopic (exact) mass is 422 g/mol. The normalized spacial score (nSPS) is 11.2. The lowest BCUT2D eigenvalue weighted by molar-refractivity contribution is 0.0955. The Hall–Kier alpha value is -2.35. The Balaban J connectivity index is 1.69. The molecule has 3 N–H and O–H groups in total. The molecule has 2 aromatic carbocycles. The first-order valence-corrected chi connectivity index (χ1v) is 9.66. The summed E-state index contributed by atoms with van der Waals surface area (Å²) >= 11 is 13.7. The van der Waals surface area contributed by atoms with Crippen LogP contribution >= 0.6 is 34.5 Å². The summed E-state index contributed by atoms with van der Waals surface area (Å²) in [5.74, 6) is 0.0960. The zero-order chi connectivity index (χ0) is 19.4. The summed E-state index contributed by atoms with van der Waals surface area (Å²) in [6, 6.07) is 8.47. The van der Waals surface area contributed by atoms with Crippen LogP contribution in [0.4, 0.5) is 5.13 Å². The first kappa shape index (κ1) is 19.4. The van der Waals surface area contributed by atoms with Gasteiger partial charge in [0.25, 0.3) is 5.91 Å². The standard InChI is InChI=1S/C18H16Cl2N4O2S/c1-2-5-26-16-12(19)6-10(7-13(16)20)9-22-24-17(25)11-3-4-14-15(8-11)27-18(21)23-14/h3-4,6-9H,2,5H2,1H3,(H2,21,23)(H,24,25)/b22-9-. The van der Waals surface area contributed by atoms with E-state index in [1.54, 1.807) is 30.3 Å². The molecule has 9 heteroatoms. The molecular formula is C18H16Cl2N4O2S. The van der Waals surface area contributed by atoms with Gasteiger partial charge in [-0.2, -0.15) is 5.10 Å². The molecule has 3 aromatic rings. The molecule has 1 heterocycles. The SMILES string of the molecule is CCCOc1c(Cl)cc(/C=N\NC(=O)c2ccc3nc(N)sc3c2)cc1Cl. The van der Waals surface area contributed by atoms with E-state index in [9.17, 15) is 4.79 Å². The number of rotatable bonds is 6. The van der Waals surface area contributed by atoms with Crippen molar-refractivity contribution in [3.8, 4) is 5.75 Å². The molecule has 0 aliphatic carbocycles. The highest BCUT2D eigenvalue weighted by Gasteiger charge is 2.10. The first-order chi connectivity index (χ1) is 13.0. The van der Waals surface area contributed by atoms with Gasteiger partial charge >= 0.3 is 0 Å². The minimum atomic E-state index is -0.347. The fraction of sp³-hybridized carbons (Fsp3) is 0.167. The quantitative estimate of drug-likeness (QED) is 0.443. The van der Waals surface area contributed by atoms with Crippen LogP contribution in [0.5, 0.6) is 5.75 Å². The molecule has 1 aromatic heterocycles. The van der Waals surface area contributed by atoms with Gasteiger partial charge in [0.05, 0.1) is 33.1 Å². The Labute approximate surface area is 169 Å². The summed E-state index contributed by atoms with van der Waals surface area (Å²) in [4.78, 5) is 16.4. The highest BCUT2D eigenvalue weighted by Crippen LogP contribution is 2.34. The molecule has 6 nitrogen and oxygen atoms in total. The molecule has 0 radical (unpaired) electrons. The number of nitrogens with one attached hydrogen (secondary N) is 1. The zero-order valence-corrected chi connectivity index (χ0v) is 16.7. The number of carbonyl (C=O) groups is 1. The molecule has 0 bridgehead atoms. The number of anilines is 1. The molecule has 0 saturated heterocycles. The van der Waals surface area contributed by atoms with E-state index in [4.69, 9.17) is 33.7 Å². The number of hydrogen-bond acceptors (Lipinski definition) is 6. The molecule has 0 unspecified atom stereocenters. The number of nitrogens with two attached hydrogens (primary N) is 1. The van der Waals surface area contributed by atoms with Crippen LogP contribution < -0.4 is 15.9 Å². The number of aromatic nitrogens is 1. The van der Waals surface area contributed by atoms with Gasteiger partial charge in [0.2, 0.25) is 0 Å². The van der Waals surface area contributed by atoms with Gasteiger partial charge in [-0.25, -0.2) is 10.4 Å². The molecule has 0 spiro atoms. The van der Waals surface area contributed by atoms with E-state index in [-0.39, 0.29) is 5.91 Å².